The van der Waals surface area contributed by atoms with Crippen molar-refractivity contribution in [3.8, 4) is 0 Å². The van der Waals surface area contributed by atoms with Gasteiger partial charge in [-0.05, 0) is 36.6 Å². The van der Waals surface area contributed by atoms with Crippen LogP contribution in [-0.2, 0) is 16.6 Å². The monoisotopic (exact) mass is 374 g/mol. The van der Waals surface area contributed by atoms with Crippen molar-refractivity contribution in [3.05, 3.63) is 46.1 Å². The summed E-state index contributed by atoms with van der Waals surface area (Å²) < 4.78 is 32.1. The topological polar surface area (TPSA) is 63.4 Å². The standard InChI is InChI=1S/C15H16Cl2N2O3S/c1-9-7-11(9)12-4-3-10(22-12)8-19(2)23(20,21)13-5-6-14(16)18-15(13)17/h3-6,9,11H,7-8H2,1-2H3/t9-,11+/m0/s1. The van der Waals surface area contributed by atoms with Crippen molar-refractivity contribution >= 4 is 33.2 Å². The number of halogens is 2. The second kappa shape index (κ2) is 6.09. The summed E-state index contributed by atoms with van der Waals surface area (Å²) in [6, 6.07) is 6.48. The lowest BCUT2D eigenvalue weighted by Crippen LogP contribution is -2.26. The molecule has 0 saturated heterocycles. The highest BCUT2D eigenvalue weighted by Gasteiger charge is 2.36. The van der Waals surface area contributed by atoms with E-state index in [1.807, 2.05) is 12.1 Å². The van der Waals surface area contributed by atoms with Crippen LogP contribution >= 0.6 is 23.2 Å². The van der Waals surface area contributed by atoms with E-state index in [2.05, 4.69) is 11.9 Å². The highest BCUT2D eigenvalue weighted by atomic mass is 35.5. The minimum absolute atomic E-state index is 0.0753. The third-order valence-corrected chi connectivity index (χ3v) is 6.45. The van der Waals surface area contributed by atoms with Crippen LogP contribution in [0, 0.1) is 5.92 Å². The number of pyridine rings is 1. The van der Waals surface area contributed by atoms with Gasteiger partial charge in [0.2, 0.25) is 10.0 Å². The first kappa shape index (κ1) is 16.8. The first-order valence-corrected chi connectivity index (χ1v) is 9.35. The molecule has 1 aliphatic carbocycles. The lowest BCUT2D eigenvalue weighted by molar-refractivity contribution is 0.389. The maximum Gasteiger partial charge on any atom is 0.246 e. The molecule has 0 bridgehead atoms. The molecule has 0 aromatic carbocycles. The van der Waals surface area contributed by atoms with E-state index in [1.165, 1.54) is 23.5 Å². The van der Waals surface area contributed by atoms with Crippen molar-refractivity contribution in [2.24, 2.45) is 5.92 Å². The Morgan fingerprint density at radius 1 is 1.30 bits per heavy atom. The summed E-state index contributed by atoms with van der Waals surface area (Å²) >= 11 is 11.6. The van der Waals surface area contributed by atoms with Crippen LogP contribution in [-0.4, -0.2) is 24.8 Å². The zero-order valence-corrected chi connectivity index (χ0v) is 15.0. The van der Waals surface area contributed by atoms with Gasteiger partial charge in [0.15, 0.2) is 5.15 Å². The Balaban J connectivity index is 1.78. The van der Waals surface area contributed by atoms with Crippen LogP contribution in [0.1, 0.15) is 30.8 Å². The molecule has 124 valence electrons. The summed E-state index contributed by atoms with van der Waals surface area (Å²) in [5, 5.41) is 0.00196. The van der Waals surface area contributed by atoms with Gasteiger partial charge in [0.25, 0.3) is 0 Å². The normalized spacial score (nSPS) is 20.9. The molecule has 5 nitrogen and oxygen atoms in total. The van der Waals surface area contributed by atoms with Gasteiger partial charge >= 0.3 is 0 Å². The molecule has 1 aliphatic rings. The van der Waals surface area contributed by atoms with Crippen molar-refractivity contribution in [1.82, 2.24) is 9.29 Å². The molecule has 1 saturated carbocycles. The Kier molecular flexibility index (Phi) is 4.44. The fraction of sp³-hybridized carbons (Fsp3) is 0.400. The lowest BCUT2D eigenvalue weighted by atomic mass is 10.3. The SMILES string of the molecule is C[C@H]1C[C@H]1c1ccc(CN(C)S(=O)(=O)c2ccc(Cl)nc2Cl)o1. The molecule has 0 amide bonds. The number of nitrogens with zero attached hydrogens (tertiary/aromatic N) is 2. The van der Waals surface area contributed by atoms with Crippen molar-refractivity contribution in [1.29, 1.82) is 0 Å². The Labute approximate surface area is 145 Å². The van der Waals surface area contributed by atoms with E-state index >= 15 is 0 Å². The highest BCUT2D eigenvalue weighted by Crippen LogP contribution is 2.47. The summed E-state index contributed by atoms with van der Waals surface area (Å²) in [5.74, 6) is 2.61. The maximum absolute atomic E-state index is 12.6. The van der Waals surface area contributed by atoms with Gasteiger partial charge in [-0.1, -0.05) is 30.1 Å². The summed E-state index contributed by atoms with van der Waals surface area (Å²) in [6.07, 6.45) is 1.12. The highest BCUT2D eigenvalue weighted by molar-refractivity contribution is 7.89. The van der Waals surface area contributed by atoms with Gasteiger partial charge < -0.3 is 4.42 Å². The molecule has 0 N–H and O–H groups in total. The molecule has 1 fully saturated rings. The van der Waals surface area contributed by atoms with Crippen LogP contribution in [0.3, 0.4) is 0 Å². The maximum atomic E-state index is 12.6. The number of sulfonamides is 1. The minimum Gasteiger partial charge on any atom is -0.464 e. The van der Waals surface area contributed by atoms with E-state index in [1.54, 1.807) is 0 Å². The summed E-state index contributed by atoms with van der Waals surface area (Å²) in [7, 11) is -2.30. The predicted octanol–water partition coefficient (Wildman–Crippen LogP) is 3.93. The van der Waals surface area contributed by atoms with Gasteiger partial charge in [0.05, 0.1) is 6.54 Å². The second-order valence-corrected chi connectivity index (χ2v) is 8.57. The van der Waals surface area contributed by atoms with Crippen molar-refractivity contribution in [2.75, 3.05) is 7.05 Å². The van der Waals surface area contributed by atoms with Gasteiger partial charge in [0, 0.05) is 13.0 Å². The Hall–Kier alpha value is -1.08. The van der Waals surface area contributed by atoms with E-state index in [0.29, 0.717) is 17.6 Å². The number of rotatable bonds is 5. The predicted molar refractivity (Wildman–Crippen MR) is 88.1 cm³/mol. The van der Waals surface area contributed by atoms with Gasteiger partial charge in [0.1, 0.15) is 21.6 Å². The van der Waals surface area contributed by atoms with Crippen molar-refractivity contribution in [2.45, 2.75) is 30.7 Å². The fourth-order valence-corrected chi connectivity index (χ4v) is 4.23. The zero-order chi connectivity index (χ0) is 16.8. The largest absolute Gasteiger partial charge is 0.464 e. The van der Waals surface area contributed by atoms with Crippen LogP contribution in [0.15, 0.2) is 33.6 Å². The molecule has 0 radical (unpaired) electrons. The van der Waals surface area contributed by atoms with Crippen LogP contribution in [0.5, 0.6) is 0 Å². The second-order valence-electron chi connectivity index (χ2n) is 5.81. The number of hydrogen-bond acceptors (Lipinski definition) is 4. The molecule has 0 aliphatic heterocycles. The Bertz CT molecular complexity index is 835. The third-order valence-electron chi connectivity index (χ3n) is 4.00. The average molecular weight is 375 g/mol. The quantitative estimate of drug-likeness (QED) is 0.743. The Morgan fingerprint density at radius 2 is 2.00 bits per heavy atom. The van der Waals surface area contributed by atoms with Crippen molar-refractivity contribution in [3.63, 3.8) is 0 Å². The van der Waals surface area contributed by atoms with E-state index < -0.39 is 10.0 Å². The van der Waals surface area contributed by atoms with Crippen LogP contribution in [0.25, 0.3) is 0 Å². The lowest BCUT2D eigenvalue weighted by Gasteiger charge is -2.16. The van der Waals surface area contributed by atoms with Crippen LogP contribution in [0.2, 0.25) is 10.3 Å². The summed E-state index contributed by atoms with van der Waals surface area (Å²) in [6.45, 7) is 2.29. The molecular weight excluding hydrogens is 359 g/mol. The molecule has 2 atom stereocenters. The van der Waals surface area contributed by atoms with Crippen LogP contribution in [0.4, 0.5) is 0 Å². The summed E-state index contributed by atoms with van der Waals surface area (Å²) in [4.78, 5) is 3.70. The molecule has 8 heteroatoms. The molecule has 2 aromatic heterocycles. The van der Waals surface area contributed by atoms with E-state index in [4.69, 9.17) is 27.6 Å². The number of aromatic nitrogens is 1. The number of hydrogen-bond donors (Lipinski definition) is 0. The van der Waals surface area contributed by atoms with E-state index in [9.17, 15) is 8.42 Å². The summed E-state index contributed by atoms with van der Waals surface area (Å²) in [5.41, 5.74) is 0. The molecule has 0 unspecified atom stereocenters. The number of furan rings is 1. The van der Waals surface area contributed by atoms with Crippen LogP contribution < -0.4 is 0 Å². The molecule has 3 rings (SSSR count). The van der Waals surface area contributed by atoms with E-state index in [0.717, 1.165) is 12.2 Å². The average Bonchev–Trinajstić information content (AvgIpc) is 3.01. The van der Waals surface area contributed by atoms with Gasteiger partial charge in [-0.3, -0.25) is 0 Å². The third kappa shape index (κ3) is 3.40. The first-order chi connectivity index (χ1) is 10.8. The van der Waals surface area contributed by atoms with Crippen molar-refractivity contribution < 1.29 is 12.8 Å². The minimum atomic E-state index is -3.77. The molecule has 23 heavy (non-hydrogen) atoms. The zero-order valence-electron chi connectivity index (χ0n) is 12.7. The molecule has 2 heterocycles. The molecule has 2 aromatic rings. The van der Waals surface area contributed by atoms with Gasteiger partial charge in [-0.25, -0.2) is 13.4 Å². The molecule has 0 spiro atoms. The smallest absolute Gasteiger partial charge is 0.246 e. The van der Waals surface area contributed by atoms with Gasteiger partial charge in [-0.2, -0.15) is 4.31 Å². The van der Waals surface area contributed by atoms with E-state index in [-0.39, 0.29) is 21.7 Å². The first-order valence-electron chi connectivity index (χ1n) is 7.16. The Morgan fingerprint density at radius 3 is 2.61 bits per heavy atom. The molecular formula is C15H16Cl2N2O3S. The fourth-order valence-electron chi connectivity index (χ4n) is 2.46. The van der Waals surface area contributed by atoms with Gasteiger partial charge in [-0.15, -0.1) is 0 Å².